The van der Waals surface area contributed by atoms with E-state index < -0.39 is 0 Å². The van der Waals surface area contributed by atoms with Gasteiger partial charge in [0.15, 0.2) is 0 Å². The molecule has 2 rings (SSSR count). The highest BCUT2D eigenvalue weighted by atomic mass is 16.5. The van der Waals surface area contributed by atoms with Crippen LogP contribution in [0.4, 0.5) is 0 Å². The highest BCUT2D eigenvalue weighted by Crippen LogP contribution is 2.28. The molecule has 2 heteroatoms. The zero-order valence-corrected chi connectivity index (χ0v) is 10.5. The minimum Gasteiger partial charge on any atom is -0.378 e. The summed E-state index contributed by atoms with van der Waals surface area (Å²) < 4.78 is 5.76. The quantitative estimate of drug-likeness (QED) is 0.797. The molecule has 0 aromatic heterocycles. The highest BCUT2D eigenvalue weighted by molar-refractivity contribution is 4.76. The third-order valence-electron chi connectivity index (χ3n) is 4.20. The van der Waals surface area contributed by atoms with Crippen LogP contribution in [0.1, 0.15) is 64.2 Å². The summed E-state index contributed by atoms with van der Waals surface area (Å²) in [6.07, 6.45) is 13.7. The molecule has 94 valence electrons. The van der Waals surface area contributed by atoms with Gasteiger partial charge in [-0.15, -0.1) is 0 Å². The first-order chi connectivity index (χ1) is 7.84. The number of nitrogens with two attached hydrogens (primary N) is 1. The summed E-state index contributed by atoms with van der Waals surface area (Å²) in [5.41, 5.74) is 6.26. The van der Waals surface area contributed by atoms with Gasteiger partial charge in [0.1, 0.15) is 0 Å². The Bertz CT molecular complexity index is 163. The molecule has 0 spiro atoms. The third kappa shape index (κ3) is 4.06. The summed E-state index contributed by atoms with van der Waals surface area (Å²) in [4.78, 5) is 0. The van der Waals surface area contributed by atoms with E-state index in [4.69, 9.17) is 10.5 Å². The molecule has 2 unspecified atom stereocenters. The van der Waals surface area contributed by atoms with Crippen LogP contribution in [0.2, 0.25) is 0 Å². The van der Waals surface area contributed by atoms with Crippen LogP contribution in [0.25, 0.3) is 0 Å². The van der Waals surface area contributed by atoms with Gasteiger partial charge >= 0.3 is 0 Å². The maximum absolute atomic E-state index is 6.26. The summed E-state index contributed by atoms with van der Waals surface area (Å²) in [5, 5.41) is 0. The van der Waals surface area contributed by atoms with Crippen molar-refractivity contribution in [3.05, 3.63) is 0 Å². The van der Waals surface area contributed by atoms with Crippen molar-refractivity contribution in [3.8, 4) is 0 Å². The SMILES string of the molecule is NC(CC1CCCCC1)CC1CCCCO1. The average molecular weight is 225 g/mol. The minimum atomic E-state index is 0.381. The molecule has 0 aromatic rings. The number of ether oxygens (including phenoxy) is 1. The van der Waals surface area contributed by atoms with Crippen LogP contribution in [-0.4, -0.2) is 18.8 Å². The molecule has 2 N–H and O–H groups in total. The fourth-order valence-electron chi connectivity index (χ4n) is 3.28. The lowest BCUT2D eigenvalue weighted by atomic mass is 9.83. The molecule has 2 nitrogen and oxygen atoms in total. The van der Waals surface area contributed by atoms with Gasteiger partial charge in [-0.1, -0.05) is 32.1 Å². The Hall–Kier alpha value is -0.0800. The molecule has 1 saturated heterocycles. The highest BCUT2D eigenvalue weighted by Gasteiger charge is 2.21. The molecular formula is C14H27NO. The van der Waals surface area contributed by atoms with Crippen molar-refractivity contribution in [1.82, 2.24) is 0 Å². The monoisotopic (exact) mass is 225 g/mol. The van der Waals surface area contributed by atoms with E-state index in [0.717, 1.165) is 18.9 Å². The van der Waals surface area contributed by atoms with Crippen molar-refractivity contribution in [2.75, 3.05) is 6.61 Å². The lowest BCUT2D eigenvalue weighted by molar-refractivity contribution is 0.00589. The van der Waals surface area contributed by atoms with Crippen LogP contribution in [0, 0.1) is 5.92 Å². The largest absolute Gasteiger partial charge is 0.378 e. The molecule has 16 heavy (non-hydrogen) atoms. The normalized spacial score (nSPS) is 30.2. The van der Waals surface area contributed by atoms with Crippen LogP contribution in [0.3, 0.4) is 0 Å². The molecule has 1 heterocycles. The van der Waals surface area contributed by atoms with Crippen molar-refractivity contribution in [3.63, 3.8) is 0 Å². The standard InChI is InChI=1S/C14H27NO/c15-13(10-12-6-2-1-3-7-12)11-14-8-4-5-9-16-14/h12-14H,1-11,15H2. The van der Waals surface area contributed by atoms with Crippen LogP contribution < -0.4 is 5.73 Å². The molecule has 0 radical (unpaired) electrons. The summed E-state index contributed by atoms with van der Waals surface area (Å²) >= 11 is 0. The molecule has 2 aliphatic rings. The summed E-state index contributed by atoms with van der Waals surface area (Å²) in [7, 11) is 0. The number of hydrogen-bond acceptors (Lipinski definition) is 2. The Labute approximate surface area is 99.9 Å². The fourth-order valence-corrected chi connectivity index (χ4v) is 3.28. The predicted octanol–water partition coefficient (Wildman–Crippen LogP) is 3.24. The molecule has 0 amide bonds. The second-order valence-electron chi connectivity index (χ2n) is 5.72. The second kappa shape index (κ2) is 6.61. The van der Waals surface area contributed by atoms with E-state index in [-0.39, 0.29) is 0 Å². The zero-order chi connectivity index (χ0) is 11.2. The average Bonchev–Trinajstić information content (AvgIpc) is 2.31. The van der Waals surface area contributed by atoms with Gasteiger partial charge in [-0.05, 0) is 38.0 Å². The summed E-state index contributed by atoms with van der Waals surface area (Å²) in [5.74, 6) is 0.910. The van der Waals surface area contributed by atoms with E-state index in [0.29, 0.717) is 12.1 Å². The van der Waals surface area contributed by atoms with Gasteiger partial charge in [-0.25, -0.2) is 0 Å². The lowest BCUT2D eigenvalue weighted by Crippen LogP contribution is -2.32. The van der Waals surface area contributed by atoms with E-state index in [9.17, 15) is 0 Å². The number of hydrogen-bond donors (Lipinski definition) is 1. The molecule has 1 saturated carbocycles. The maximum atomic E-state index is 6.26. The van der Waals surface area contributed by atoms with Gasteiger partial charge in [0.25, 0.3) is 0 Å². The Morgan fingerprint density at radius 2 is 1.69 bits per heavy atom. The lowest BCUT2D eigenvalue weighted by Gasteiger charge is -2.28. The first-order valence-corrected chi connectivity index (χ1v) is 7.22. The summed E-state index contributed by atoms with van der Waals surface area (Å²) in [6.45, 7) is 0.959. The van der Waals surface area contributed by atoms with Crippen molar-refractivity contribution in [1.29, 1.82) is 0 Å². The van der Waals surface area contributed by atoms with Crippen LogP contribution in [0.15, 0.2) is 0 Å². The van der Waals surface area contributed by atoms with Crippen LogP contribution in [-0.2, 0) is 4.74 Å². The summed E-state index contributed by atoms with van der Waals surface area (Å²) in [6, 6.07) is 0.381. The zero-order valence-electron chi connectivity index (χ0n) is 10.5. The van der Waals surface area contributed by atoms with Gasteiger partial charge in [0.2, 0.25) is 0 Å². The van der Waals surface area contributed by atoms with Gasteiger partial charge in [-0.2, -0.15) is 0 Å². The van der Waals surface area contributed by atoms with Crippen molar-refractivity contribution in [2.24, 2.45) is 11.7 Å². The smallest absolute Gasteiger partial charge is 0.0589 e. The molecule has 0 bridgehead atoms. The van der Waals surface area contributed by atoms with E-state index >= 15 is 0 Å². The second-order valence-corrected chi connectivity index (χ2v) is 5.72. The van der Waals surface area contributed by atoms with Crippen molar-refractivity contribution in [2.45, 2.75) is 76.4 Å². The third-order valence-corrected chi connectivity index (χ3v) is 4.20. The van der Waals surface area contributed by atoms with Crippen molar-refractivity contribution >= 4 is 0 Å². The van der Waals surface area contributed by atoms with Gasteiger partial charge in [-0.3, -0.25) is 0 Å². The molecule has 1 aliphatic heterocycles. The Kier molecular flexibility index (Phi) is 5.11. The van der Waals surface area contributed by atoms with E-state index in [1.807, 2.05) is 0 Å². The predicted molar refractivity (Wildman–Crippen MR) is 67.4 cm³/mol. The van der Waals surface area contributed by atoms with Crippen LogP contribution >= 0.6 is 0 Å². The molecule has 1 aliphatic carbocycles. The molecule has 0 aromatic carbocycles. The Morgan fingerprint density at radius 3 is 2.38 bits per heavy atom. The van der Waals surface area contributed by atoms with Gasteiger partial charge in [0, 0.05) is 12.6 Å². The van der Waals surface area contributed by atoms with Crippen LogP contribution in [0.5, 0.6) is 0 Å². The van der Waals surface area contributed by atoms with E-state index in [1.165, 1.54) is 57.8 Å². The van der Waals surface area contributed by atoms with E-state index in [2.05, 4.69) is 0 Å². The van der Waals surface area contributed by atoms with E-state index in [1.54, 1.807) is 0 Å². The first kappa shape index (κ1) is 12.4. The topological polar surface area (TPSA) is 35.2 Å². The first-order valence-electron chi connectivity index (χ1n) is 7.22. The van der Waals surface area contributed by atoms with Gasteiger partial charge < -0.3 is 10.5 Å². The molecular weight excluding hydrogens is 198 g/mol. The minimum absolute atomic E-state index is 0.381. The Morgan fingerprint density at radius 1 is 0.938 bits per heavy atom. The maximum Gasteiger partial charge on any atom is 0.0589 e. The molecule has 2 fully saturated rings. The fraction of sp³-hybridized carbons (Fsp3) is 1.00. The van der Waals surface area contributed by atoms with Gasteiger partial charge in [0.05, 0.1) is 6.10 Å². The van der Waals surface area contributed by atoms with Crippen molar-refractivity contribution < 1.29 is 4.74 Å². The molecule has 2 atom stereocenters. The number of rotatable bonds is 4. The Balaban J connectivity index is 1.64.